The lowest BCUT2D eigenvalue weighted by molar-refractivity contribution is 0.111. The summed E-state index contributed by atoms with van der Waals surface area (Å²) in [7, 11) is 0. The third kappa shape index (κ3) is 4.65. The Kier molecular flexibility index (Phi) is 6.48. The minimum atomic E-state index is 0.502. The molecule has 1 rings (SSSR count). The SMILES string of the molecule is CCCOc1ccc(C=O)c(OCCCCl)c1. The molecule has 0 radical (unpaired) electrons. The summed E-state index contributed by atoms with van der Waals surface area (Å²) in [6.07, 6.45) is 2.47. The number of ether oxygens (including phenoxy) is 2. The standard InChI is InChI=1S/C13H17ClO3/c1-2-7-16-12-5-4-11(10-15)13(9-12)17-8-3-6-14/h4-5,9-10H,2-3,6-8H2,1H3. The van der Waals surface area contributed by atoms with Crippen LogP contribution in [0.5, 0.6) is 11.5 Å². The van der Waals surface area contributed by atoms with Gasteiger partial charge in [0.15, 0.2) is 6.29 Å². The number of halogens is 1. The summed E-state index contributed by atoms with van der Waals surface area (Å²) in [6, 6.07) is 5.22. The van der Waals surface area contributed by atoms with Crippen molar-refractivity contribution in [2.24, 2.45) is 0 Å². The molecule has 0 aliphatic rings. The van der Waals surface area contributed by atoms with Gasteiger partial charge in [-0.3, -0.25) is 4.79 Å². The lowest BCUT2D eigenvalue weighted by Crippen LogP contribution is -2.02. The molecule has 3 nitrogen and oxygen atoms in total. The first kappa shape index (κ1) is 13.8. The Morgan fingerprint density at radius 1 is 1.29 bits per heavy atom. The van der Waals surface area contributed by atoms with Crippen LogP contribution in [0.2, 0.25) is 0 Å². The van der Waals surface area contributed by atoms with Crippen LogP contribution in [0.25, 0.3) is 0 Å². The van der Waals surface area contributed by atoms with Crippen molar-refractivity contribution in [3.05, 3.63) is 23.8 Å². The number of alkyl halides is 1. The van der Waals surface area contributed by atoms with E-state index in [1.807, 2.05) is 6.92 Å². The van der Waals surface area contributed by atoms with Crippen LogP contribution in [0.4, 0.5) is 0 Å². The molecule has 0 aliphatic heterocycles. The van der Waals surface area contributed by atoms with E-state index in [4.69, 9.17) is 21.1 Å². The summed E-state index contributed by atoms with van der Waals surface area (Å²) in [4.78, 5) is 10.8. The number of benzene rings is 1. The quantitative estimate of drug-likeness (QED) is 0.407. The zero-order valence-corrected chi connectivity index (χ0v) is 10.7. The Morgan fingerprint density at radius 3 is 2.76 bits per heavy atom. The van der Waals surface area contributed by atoms with Gasteiger partial charge >= 0.3 is 0 Å². The molecule has 94 valence electrons. The van der Waals surface area contributed by atoms with Gasteiger partial charge in [0.1, 0.15) is 11.5 Å². The maximum atomic E-state index is 10.8. The first-order chi connectivity index (χ1) is 8.31. The molecule has 0 spiro atoms. The Morgan fingerprint density at radius 2 is 2.12 bits per heavy atom. The minimum Gasteiger partial charge on any atom is -0.493 e. The third-order valence-corrected chi connectivity index (χ3v) is 2.39. The Labute approximate surface area is 107 Å². The van der Waals surface area contributed by atoms with Crippen molar-refractivity contribution in [3.63, 3.8) is 0 Å². The predicted octanol–water partition coefficient (Wildman–Crippen LogP) is 3.30. The van der Waals surface area contributed by atoms with E-state index in [-0.39, 0.29) is 0 Å². The van der Waals surface area contributed by atoms with Crippen molar-refractivity contribution < 1.29 is 14.3 Å². The summed E-state index contributed by atoms with van der Waals surface area (Å²) in [5.74, 6) is 1.82. The van der Waals surface area contributed by atoms with Gasteiger partial charge in [-0.05, 0) is 25.0 Å². The molecule has 0 aromatic heterocycles. The molecular formula is C13H17ClO3. The van der Waals surface area contributed by atoms with Crippen LogP contribution in [-0.4, -0.2) is 25.4 Å². The number of carbonyl (C=O) groups excluding carboxylic acids is 1. The van der Waals surface area contributed by atoms with Crippen LogP contribution in [0.3, 0.4) is 0 Å². The normalized spacial score (nSPS) is 10.0. The highest BCUT2D eigenvalue weighted by Gasteiger charge is 2.05. The highest BCUT2D eigenvalue weighted by molar-refractivity contribution is 6.17. The Balaban J connectivity index is 2.71. The number of aldehydes is 1. The van der Waals surface area contributed by atoms with Gasteiger partial charge in [0.05, 0.1) is 18.8 Å². The van der Waals surface area contributed by atoms with E-state index in [1.54, 1.807) is 18.2 Å². The van der Waals surface area contributed by atoms with Gasteiger partial charge in [-0.25, -0.2) is 0 Å². The molecule has 0 N–H and O–H groups in total. The molecule has 0 saturated heterocycles. The molecule has 0 bridgehead atoms. The number of hydrogen-bond acceptors (Lipinski definition) is 3. The molecule has 0 unspecified atom stereocenters. The smallest absolute Gasteiger partial charge is 0.153 e. The molecule has 1 aromatic carbocycles. The van der Waals surface area contributed by atoms with E-state index < -0.39 is 0 Å². The van der Waals surface area contributed by atoms with Crippen molar-refractivity contribution in [1.29, 1.82) is 0 Å². The summed E-state index contributed by atoms with van der Waals surface area (Å²) in [6.45, 7) is 3.20. The van der Waals surface area contributed by atoms with Crippen LogP contribution in [0.15, 0.2) is 18.2 Å². The molecule has 0 amide bonds. The average molecular weight is 257 g/mol. The van der Waals surface area contributed by atoms with Crippen LogP contribution in [0, 0.1) is 0 Å². The fourth-order valence-electron chi connectivity index (χ4n) is 1.28. The van der Waals surface area contributed by atoms with Crippen molar-refractivity contribution in [3.8, 4) is 11.5 Å². The summed E-state index contributed by atoms with van der Waals surface area (Å²) >= 11 is 5.57. The second-order valence-electron chi connectivity index (χ2n) is 3.56. The zero-order chi connectivity index (χ0) is 12.5. The van der Waals surface area contributed by atoms with Crippen molar-refractivity contribution in [1.82, 2.24) is 0 Å². The van der Waals surface area contributed by atoms with Gasteiger partial charge in [-0.1, -0.05) is 6.92 Å². The van der Waals surface area contributed by atoms with Crippen molar-refractivity contribution in [2.45, 2.75) is 19.8 Å². The number of carbonyl (C=O) groups is 1. The van der Waals surface area contributed by atoms with Gasteiger partial charge in [-0.15, -0.1) is 11.6 Å². The lowest BCUT2D eigenvalue weighted by atomic mass is 10.2. The van der Waals surface area contributed by atoms with E-state index in [0.717, 1.165) is 24.9 Å². The topological polar surface area (TPSA) is 35.5 Å². The fourth-order valence-corrected chi connectivity index (χ4v) is 1.39. The maximum Gasteiger partial charge on any atom is 0.153 e. The highest BCUT2D eigenvalue weighted by Crippen LogP contribution is 2.24. The van der Waals surface area contributed by atoms with Gasteiger partial charge in [0.2, 0.25) is 0 Å². The first-order valence-electron chi connectivity index (χ1n) is 5.72. The molecule has 0 fully saturated rings. The van der Waals surface area contributed by atoms with Crippen LogP contribution in [-0.2, 0) is 0 Å². The summed E-state index contributed by atoms with van der Waals surface area (Å²) in [5.41, 5.74) is 0.531. The fraction of sp³-hybridized carbons (Fsp3) is 0.462. The molecule has 0 heterocycles. The van der Waals surface area contributed by atoms with Gasteiger partial charge in [-0.2, -0.15) is 0 Å². The first-order valence-corrected chi connectivity index (χ1v) is 6.26. The summed E-state index contributed by atoms with van der Waals surface area (Å²) in [5, 5.41) is 0. The second-order valence-corrected chi connectivity index (χ2v) is 3.93. The molecule has 0 aliphatic carbocycles. The minimum absolute atomic E-state index is 0.502. The van der Waals surface area contributed by atoms with E-state index in [1.165, 1.54) is 0 Å². The maximum absolute atomic E-state index is 10.8. The molecular weight excluding hydrogens is 240 g/mol. The van der Waals surface area contributed by atoms with Crippen LogP contribution < -0.4 is 9.47 Å². The van der Waals surface area contributed by atoms with E-state index in [0.29, 0.717) is 30.4 Å². The predicted molar refractivity (Wildman–Crippen MR) is 68.4 cm³/mol. The van der Waals surface area contributed by atoms with Crippen LogP contribution in [0.1, 0.15) is 30.1 Å². The van der Waals surface area contributed by atoms with Gasteiger partial charge in [0, 0.05) is 11.9 Å². The third-order valence-electron chi connectivity index (χ3n) is 2.12. The van der Waals surface area contributed by atoms with Crippen molar-refractivity contribution >= 4 is 17.9 Å². The monoisotopic (exact) mass is 256 g/mol. The molecule has 17 heavy (non-hydrogen) atoms. The second kappa shape index (κ2) is 7.96. The molecule has 1 aromatic rings. The summed E-state index contributed by atoms with van der Waals surface area (Å²) < 4.78 is 11.0. The number of rotatable bonds is 8. The molecule has 0 atom stereocenters. The van der Waals surface area contributed by atoms with E-state index >= 15 is 0 Å². The van der Waals surface area contributed by atoms with Gasteiger partial charge in [0.25, 0.3) is 0 Å². The average Bonchev–Trinajstić information content (AvgIpc) is 2.37. The molecule has 4 heteroatoms. The zero-order valence-electron chi connectivity index (χ0n) is 9.95. The Bertz CT molecular complexity index is 353. The van der Waals surface area contributed by atoms with Crippen LogP contribution >= 0.6 is 11.6 Å². The highest BCUT2D eigenvalue weighted by atomic mass is 35.5. The van der Waals surface area contributed by atoms with E-state index in [2.05, 4.69) is 0 Å². The van der Waals surface area contributed by atoms with Crippen molar-refractivity contribution in [2.75, 3.05) is 19.1 Å². The Hall–Kier alpha value is -1.22. The largest absolute Gasteiger partial charge is 0.493 e. The lowest BCUT2D eigenvalue weighted by Gasteiger charge is -2.10. The number of hydrogen-bond donors (Lipinski definition) is 0. The van der Waals surface area contributed by atoms with E-state index in [9.17, 15) is 4.79 Å². The van der Waals surface area contributed by atoms with Gasteiger partial charge < -0.3 is 9.47 Å². The molecule has 0 saturated carbocycles.